The number of primary amides is 1. The number of aliphatic hydroxyl groups excluding tert-OH is 1. The third-order valence-electron chi connectivity index (χ3n) is 3.81. The third-order valence-corrected chi connectivity index (χ3v) is 3.81. The molecule has 0 rings (SSSR count). The molecule has 0 bridgehead atoms. The molecule has 0 radical (unpaired) electrons. The van der Waals surface area contributed by atoms with Crippen LogP contribution in [0.3, 0.4) is 0 Å². The Morgan fingerprint density at radius 3 is 1.77 bits per heavy atom. The van der Waals surface area contributed by atoms with Crippen LogP contribution in [-0.4, -0.2) is 81.7 Å². The van der Waals surface area contributed by atoms with E-state index < -0.39 is 85.1 Å². The first-order valence-corrected chi connectivity index (χ1v) is 8.80. The average Bonchev–Trinajstić information content (AvgIpc) is 2.61. The molecule has 4 amide bonds. The van der Waals surface area contributed by atoms with Crippen LogP contribution in [0.4, 0.5) is 0 Å². The van der Waals surface area contributed by atoms with Gasteiger partial charge < -0.3 is 42.7 Å². The molecule has 14 heteroatoms. The van der Waals surface area contributed by atoms with Crippen LogP contribution in [0.25, 0.3) is 0 Å². The van der Waals surface area contributed by atoms with E-state index in [9.17, 15) is 33.9 Å². The first kappa shape index (κ1) is 26.7. The number of carboxylic acid groups (broad SMARTS) is 2. The first-order valence-electron chi connectivity index (χ1n) is 8.80. The Hall–Kier alpha value is -3.26. The average molecular weight is 433 g/mol. The second-order valence-electron chi connectivity index (χ2n) is 6.75. The van der Waals surface area contributed by atoms with Gasteiger partial charge in [0.1, 0.15) is 18.1 Å². The smallest absolute Gasteiger partial charge is 0.326 e. The van der Waals surface area contributed by atoms with Crippen LogP contribution in [0.1, 0.15) is 26.7 Å². The van der Waals surface area contributed by atoms with Gasteiger partial charge in [-0.15, -0.1) is 0 Å². The third kappa shape index (κ3) is 9.29. The number of hydrogen-bond donors (Lipinski definition) is 8. The molecule has 0 fully saturated rings. The number of carboxylic acids is 2. The molecule has 0 aromatic rings. The Morgan fingerprint density at radius 1 is 0.833 bits per heavy atom. The van der Waals surface area contributed by atoms with E-state index in [1.54, 1.807) is 13.8 Å². The fourth-order valence-corrected chi connectivity index (χ4v) is 2.21. The van der Waals surface area contributed by atoms with E-state index in [0.717, 1.165) is 0 Å². The van der Waals surface area contributed by atoms with Crippen molar-refractivity contribution < 1.29 is 44.1 Å². The molecule has 0 heterocycles. The Labute approximate surface area is 171 Å². The van der Waals surface area contributed by atoms with Gasteiger partial charge in [-0.05, 0) is 5.92 Å². The molecule has 30 heavy (non-hydrogen) atoms. The monoisotopic (exact) mass is 433 g/mol. The van der Waals surface area contributed by atoms with Gasteiger partial charge in [-0.3, -0.25) is 24.0 Å². The van der Waals surface area contributed by atoms with Crippen molar-refractivity contribution in [3.8, 4) is 0 Å². The van der Waals surface area contributed by atoms with Crippen molar-refractivity contribution in [2.24, 2.45) is 17.4 Å². The fraction of sp³-hybridized carbons (Fsp3) is 0.625. The summed E-state index contributed by atoms with van der Waals surface area (Å²) in [6.45, 7) is 2.18. The van der Waals surface area contributed by atoms with Crippen molar-refractivity contribution in [3.63, 3.8) is 0 Å². The summed E-state index contributed by atoms with van der Waals surface area (Å²) in [5, 5.41) is 33.5. The molecule has 0 aliphatic rings. The maximum Gasteiger partial charge on any atom is 0.326 e. The summed E-state index contributed by atoms with van der Waals surface area (Å²) in [4.78, 5) is 69.3. The molecule has 0 saturated heterocycles. The number of hydrogen-bond acceptors (Lipinski definition) is 8. The molecule has 0 aliphatic carbocycles. The fourth-order valence-electron chi connectivity index (χ4n) is 2.21. The standard InChI is InChI=1S/C16H27N5O9/c1-6(2)12(21-13(26)7(17)3-11(24)25)15(28)20-9(5-22)14(27)19-8(16(29)30)4-10(18)23/h6-9,12,22H,3-5,17H2,1-2H3,(H2,18,23)(H,19,27)(H,20,28)(H,21,26)(H,24,25)(H,29,30). The van der Waals surface area contributed by atoms with Gasteiger partial charge in [-0.2, -0.15) is 0 Å². The van der Waals surface area contributed by atoms with E-state index >= 15 is 0 Å². The zero-order chi connectivity index (χ0) is 23.6. The summed E-state index contributed by atoms with van der Waals surface area (Å²) in [5.41, 5.74) is 10.4. The molecule has 14 nitrogen and oxygen atoms in total. The van der Waals surface area contributed by atoms with Crippen LogP contribution >= 0.6 is 0 Å². The second kappa shape index (κ2) is 12.3. The maximum absolute atomic E-state index is 12.5. The number of aliphatic carboxylic acids is 2. The summed E-state index contributed by atoms with van der Waals surface area (Å²) < 4.78 is 0. The number of nitrogens with one attached hydrogen (secondary N) is 3. The predicted molar refractivity (Wildman–Crippen MR) is 99.4 cm³/mol. The summed E-state index contributed by atoms with van der Waals surface area (Å²) in [6, 6.07) is -5.92. The molecular formula is C16H27N5O9. The van der Waals surface area contributed by atoms with Crippen molar-refractivity contribution >= 4 is 35.6 Å². The first-order chi connectivity index (χ1) is 13.8. The summed E-state index contributed by atoms with van der Waals surface area (Å²) in [6.07, 6.45) is -1.38. The highest BCUT2D eigenvalue weighted by Gasteiger charge is 2.32. The van der Waals surface area contributed by atoms with E-state index in [0.29, 0.717) is 0 Å². The zero-order valence-corrected chi connectivity index (χ0v) is 16.5. The molecule has 0 aromatic heterocycles. The highest BCUT2D eigenvalue weighted by molar-refractivity contribution is 5.95. The molecular weight excluding hydrogens is 406 g/mol. The number of carbonyl (C=O) groups excluding carboxylic acids is 4. The number of aliphatic hydroxyl groups is 1. The zero-order valence-electron chi connectivity index (χ0n) is 16.5. The van der Waals surface area contributed by atoms with Crippen molar-refractivity contribution in [2.45, 2.75) is 50.9 Å². The van der Waals surface area contributed by atoms with E-state index in [2.05, 4.69) is 10.6 Å². The molecule has 0 aliphatic heterocycles. The topological polar surface area (TPSA) is 251 Å². The van der Waals surface area contributed by atoms with Gasteiger partial charge in [0.2, 0.25) is 23.6 Å². The van der Waals surface area contributed by atoms with Gasteiger partial charge >= 0.3 is 11.9 Å². The normalized spacial score (nSPS) is 14.7. The van der Waals surface area contributed by atoms with Crippen LogP contribution in [0.2, 0.25) is 0 Å². The minimum absolute atomic E-state index is 0.519. The van der Waals surface area contributed by atoms with Crippen LogP contribution < -0.4 is 27.4 Å². The lowest BCUT2D eigenvalue weighted by Gasteiger charge is -2.26. The van der Waals surface area contributed by atoms with Crippen LogP contribution in [0.15, 0.2) is 0 Å². The van der Waals surface area contributed by atoms with Crippen molar-refractivity contribution in [1.82, 2.24) is 16.0 Å². The van der Waals surface area contributed by atoms with Gasteiger partial charge in [-0.1, -0.05) is 13.8 Å². The SMILES string of the molecule is CC(C)C(NC(=O)C(N)CC(=O)O)C(=O)NC(CO)C(=O)NC(CC(N)=O)C(=O)O. The van der Waals surface area contributed by atoms with Gasteiger partial charge in [0.25, 0.3) is 0 Å². The minimum atomic E-state index is -1.67. The van der Waals surface area contributed by atoms with E-state index in [-0.39, 0.29) is 0 Å². The lowest BCUT2D eigenvalue weighted by Crippen LogP contribution is -2.59. The molecule has 10 N–H and O–H groups in total. The van der Waals surface area contributed by atoms with Crippen LogP contribution in [0, 0.1) is 5.92 Å². The Morgan fingerprint density at radius 2 is 1.37 bits per heavy atom. The Bertz CT molecular complexity index is 682. The van der Waals surface area contributed by atoms with Crippen LogP contribution in [0.5, 0.6) is 0 Å². The number of rotatable bonds is 13. The molecule has 0 aromatic carbocycles. The second-order valence-corrected chi connectivity index (χ2v) is 6.75. The quantitative estimate of drug-likeness (QED) is 0.139. The molecule has 170 valence electrons. The lowest BCUT2D eigenvalue weighted by atomic mass is 10.0. The van der Waals surface area contributed by atoms with Gasteiger partial charge in [0, 0.05) is 0 Å². The number of nitrogens with two attached hydrogens (primary N) is 2. The highest BCUT2D eigenvalue weighted by Crippen LogP contribution is 2.04. The van der Waals surface area contributed by atoms with Crippen molar-refractivity contribution in [1.29, 1.82) is 0 Å². The minimum Gasteiger partial charge on any atom is -0.481 e. The highest BCUT2D eigenvalue weighted by atomic mass is 16.4. The summed E-state index contributed by atoms with van der Waals surface area (Å²) in [5.74, 6) is -7.30. The van der Waals surface area contributed by atoms with Crippen LogP contribution in [-0.2, 0) is 28.8 Å². The number of carbonyl (C=O) groups is 6. The summed E-state index contributed by atoms with van der Waals surface area (Å²) in [7, 11) is 0. The Balaban J connectivity index is 5.19. The molecule has 4 unspecified atom stereocenters. The molecule has 4 atom stereocenters. The summed E-state index contributed by atoms with van der Waals surface area (Å²) >= 11 is 0. The Kier molecular flexibility index (Phi) is 11.0. The van der Waals surface area contributed by atoms with Gasteiger partial charge in [-0.25, -0.2) is 4.79 Å². The lowest BCUT2D eigenvalue weighted by molar-refractivity contribution is -0.144. The predicted octanol–water partition coefficient (Wildman–Crippen LogP) is -4.15. The molecule has 0 saturated carbocycles. The molecule has 0 spiro atoms. The number of amides is 4. The largest absolute Gasteiger partial charge is 0.481 e. The maximum atomic E-state index is 12.5. The van der Waals surface area contributed by atoms with Crippen molar-refractivity contribution in [2.75, 3.05) is 6.61 Å². The van der Waals surface area contributed by atoms with Gasteiger partial charge in [0.15, 0.2) is 0 Å². The van der Waals surface area contributed by atoms with Gasteiger partial charge in [0.05, 0.1) is 25.5 Å². The van der Waals surface area contributed by atoms with E-state index in [1.807, 2.05) is 5.32 Å². The van der Waals surface area contributed by atoms with Crippen molar-refractivity contribution in [3.05, 3.63) is 0 Å². The van der Waals surface area contributed by atoms with E-state index in [4.69, 9.17) is 21.7 Å². The van der Waals surface area contributed by atoms with E-state index in [1.165, 1.54) is 0 Å².